The lowest BCUT2D eigenvalue weighted by Gasteiger charge is -2.04. The summed E-state index contributed by atoms with van der Waals surface area (Å²) in [6.07, 6.45) is 0. The van der Waals surface area contributed by atoms with Crippen LogP contribution in [0.1, 0.15) is 0 Å². The number of rotatable bonds is 2. The molecule has 6 heteroatoms. The fraction of sp³-hybridized carbons (Fsp3) is 0.0909. The van der Waals surface area contributed by atoms with E-state index in [1.165, 1.54) is 25.3 Å². The molecule has 0 amide bonds. The number of methoxy groups -OCH3 is 1. The maximum atomic E-state index is 13.5. The molecule has 0 aliphatic heterocycles. The van der Waals surface area contributed by atoms with Crippen LogP contribution < -0.4 is 10.3 Å². The minimum Gasteiger partial charge on any atom is -0.494 e. The molecule has 88 valence electrons. The third kappa shape index (κ3) is 2.29. The summed E-state index contributed by atoms with van der Waals surface area (Å²) < 4.78 is 18.3. The summed E-state index contributed by atoms with van der Waals surface area (Å²) in [5.41, 5.74) is 0.236. The smallest absolute Gasteiger partial charge is 0.272 e. The lowest BCUT2D eigenvalue weighted by molar-refractivity contribution is 0.386. The van der Waals surface area contributed by atoms with Gasteiger partial charge in [-0.25, -0.2) is 9.49 Å². The Balaban J connectivity index is 2.57. The molecule has 0 unspecified atom stereocenters. The Hall–Kier alpha value is -1.88. The van der Waals surface area contributed by atoms with Crippen molar-refractivity contribution in [3.8, 4) is 16.9 Å². The van der Waals surface area contributed by atoms with Crippen LogP contribution in [-0.4, -0.2) is 17.3 Å². The summed E-state index contributed by atoms with van der Waals surface area (Å²) >= 11 is 5.67. The number of aromatic nitrogens is 2. The van der Waals surface area contributed by atoms with Crippen LogP contribution in [-0.2, 0) is 0 Å². The molecule has 4 nitrogen and oxygen atoms in total. The molecule has 1 N–H and O–H groups in total. The number of hydrogen-bond donors (Lipinski definition) is 1. The predicted molar refractivity (Wildman–Crippen MR) is 61.8 cm³/mol. The van der Waals surface area contributed by atoms with Gasteiger partial charge >= 0.3 is 0 Å². The number of ether oxygens (including phenoxy) is 1. The van der Waals surface area contributed by atoms with Crippen molar-refractivity contribution in [1.29, 1.82) is 0 Å². The molecule has 0 spiro atoms. The first-order chi connectivity index (χ1) is 8.11. The highest BCUT2D eigenvalue weighted by atomic mass is 35.5. The lowest BCUT2D eigenvalue weighted by Crippen LogP contribution is -2.10. The third-order valence-corrected chi connectivity index (χ3v) is 2.43. The zero-order chi connectivity index (χ0) is 12.4. The molecular weight excluding hydrogens is 247 g/mol. The molecule has 2 rings (SSSR count). The molecule has 1 aromatic carbocycles. The van der Waals surface area contributed by atoms with E-state index in [4.69, 9.17) is 16.3 Å². The molecule has 0 aliphatic carbocycles. The average Bonchev–Trinajstić information content (AvgIpc) is 2.32. The van der Waals surface area contributed by atoms with Crippen LogP contribution >= 0.6 is 11.6 Å². The van der Waals surface area contributed by atoms with Crippen molar-refractivity contribution < 1.29 is 9.13 Å². The van der Waals surface area contributed by atoms with E-state index >= 15 is 0 Å². The Morgan fingerprint density at radius 2 is 2.18 bits per heavy atom. The van der Waals surface area contributed by atoms with Gasteiger partial charge in [-0.05, 0) is 23.8 Å². The molecule has 17 heavy (non-hydrogen) atoms. The molecule has 0 aliphatic rings. The van der Waals surface area contributed by atoms with Gasteiger partial charge in [-0.3, -0.25) is 4.79 Å². The molecule has 0 radical (unpaired) electrons. The molecule has 0 saturated carbocycles. The number of benzene rings is 1. The van der Waals surface area contributed by atoms with Crippen molar-refractivity contribution in [2.45, 2.75) is 0 Å². The molecule has 0 fully saturated rings. The second-order valence-electron chi connectivity index (χ2n) is 3.28. The summed E-state index contributed by atoms with van der Waals surface area (Å²) in [6, 6.07) is 5.60. The van der Waals surface area contributed by atoms with Gasteiger partial charge in [0.15, 0.2) is 11.6 Å². The van der Waals surface area contributed by atoms with Gasteiger partial charge in [0.1, 0.15) is 5.15 Å². The summed E-state index contributed by atoms with van der Waals surface area (Å²) in [6.45, 7) is 0. The average molecular weight is 255 g/mol. The fourth-order valence-corrected chi connectivity index (χ4v) is 1.58. The lowest BCUT2D eigenvalue weighted by atomic mass is 10.1. The van der Waals surface area contributed by atoms with E-state index in [9.17, 15) is 9.18 Å². The number of hydrogen-bond acceptors (Lipinski definition) is 3. The first kappa shape index (κ1) is 11.6. The van der Waals surface area contributed by atoms with Gasteiger partial charge in [-0.1, -0.05) is 17.7 Å². The molecule has 0 bridgehead atoms. The Morgan fingerprint density at radius 1 is 1.41 bits per heavy atom. The summed E-state index contributed by atoms with van der Waals surface area (Å²) in [5.74, 6) is -0.428. The molecule has 2 aromatic rings. The largest absolute Gasteiger partial charge is 0.494 e. The quantitative estimate of drug-likeness (QED) is 0.894. The number of nitrogens with zero attached hydrogens (tertiary/aromatic N) is 1. The van der Waals surface area contributed by atoms with E-state index in [1.807, 2.05) is 0 Å². The van der Waals surface area contributed by atoms with Crippen LogP contribution in [0.2, 0.25) is 5.15 Å². The maximum Gasteiger partial charge on any atom is 0.272 e. The highest BCUT2D eigenvalue weighted by Crippen LogP contribution is 2.24. The highest BCUT2D eigenvalue weighted by Gasteiger charge is 2.09. The Bertz CT molecular complexity index is 613. The van der Waals surface area contributed by atoms with Gasteiger partial charge in [-0.15, -0.1) is 0 Å². The normalized spacial score (nSPS) is 10.3. The topological polar surface area (TPSA) is 55.0 Å². The highest BCUT2D eigenvalue weighted by molar-refractivity contribution is 6.29. The van der Waals surface area contributed by atoms with Crippen molar-refractivity contribution >= 4 is 11.6 Å². The third-order valence-electron chi connectivity index (χ3n) is 2.24. The summed E-state index contributed by atoms with van der Waals surface area (Å²) in [4.78, 5) is 11.5. The Morgan fingerprint density at radius 3 is 2.82 bits per heavy atom. The molecule has 0 atom stereocenters. The first-order valence-electron chi connectivity index (χ1n) is 4.71. The SMILES string of the molecule is COc1ccc(-c2cc(Cl)n[nH]c2=O)cc1F. The van der Waals surface area contributed by atoms with Crippen molar-refractivity contribution in [1.82, 2.24) is 10.2 Å². The van der Waals surface area contributed by atoms with Crippen molar-refractivity contribution in [3.63, 3.8) is 0 Å². The van der Waals surface area contributed by atoms with Gasteiger partial charge in [0.2, 0.25) is 0 Å². The van der Waals surface area contributed by atoms with Gasteiger partial charge in [0.25, 0.3) is 5.56 Å². The molecule has 1 heterocycles. The van der Waals surface area contributed by atoms with Crippen LogP contribution in [0.3, 0.4) is 0 Å². The minimum atomic E-state index is -0.544. The van der Waals surface area contributed by atoms with E-state index in [1.54, 1.807) is 6.07 Å². The van der Waals surface area contributed by atoms with Gasteiger partial charge in [0, 0.05) is 0 Å². The van der Waals surface area contributed by atoms with Crippen LogP contribution in [0.4, 0.5) is 4.39 Å². The number of H-pyrrole nitrogens is 1. The Kier molecular flexibility index (Phi) is 3.10. The van der Waals surface area contributed by atoms with Crippen molar-refractivity contribution in [2.75, 3.05) is 7.11 Å². The van der Waals surface area contributed by atoms with Crippen molar-refractivity contribution in [2.24, 2.45) is 0 Å². The van der Waals surface area contributed by atoms with Gasteiger partial charge in [0.05, 0.1) is 12.7 Å². The van der Waals surface area contributed by atoms with Gasteiger partial charge in [-0.2, -0.15) is 5.10 Å². The standard InChI is InChI=1S/C11H8ClFN2O2/c1-17-9-3-2-6(4-8(9)13)7-5-10(12)14-15-11(7)16/h2-5H,1H3,(H,15,16). The number of nitrogens with one attached hydrogen (secondary N) is 1. The van der Waals surface area contributed by atoms with Crippen molar-refractivity contribution in [3.05, 3.63) is 45.6 Å². The van der Waals surface area contributed by atoms with E-state index in [0.29, 0.717) is 5.56 Å². The Labute approximate surface area is 101 Å². The van der Waals surface area contributed by atoms with Crippen LogP contribution in [0.25, 0.3) is 11.1 Å². The predicted octanol–water partition coefficient (Wildman–Crippen LogP) is 2.24. The van der Waals surface area contributed by atoms with E-state index in [2.05, 4.69) is 10.2 Å². The zero-order valence-electron chi connectivity index (χ0n) is 8.83. The van der Waals surface area contributed by atoms with Crippen LogP contribution in [0, 0.1) is 5.82 Å². The summed E-state index contributed by atoms with van der Waals surface area (Å²) in [7, 11) is 1.37. The second kappa shape index (κ2) is 4.55. The first-order valence-corrected chi connectivity index (χ1v) is 5.09. The number of aromatic amines is 1. The molecule has 1 aromatic heterocycles. The fourth-order valence-electron chi connectivity index (χ4n) is 1.43. The monoisotopic (exact) mass is 254 g/mol. The zero-order valence-corrected chi connectivity index (χ0v) is 9.58. The van der Waals surface area contributed by atoms with E-state index in [-0.39, 0.29) is 16.5 Å². The van der Waals surface area contributed by atoms with E-state index < -0.39 is 11.4 Å². The van der Waals surface area contributed by atoms with E-state index in [0.717, 1.165) is 0 Å². The molecule has 0 saturated heterocycles. The van der Waals surface area contributed by atoms with Crippen LogP contribution in [0.15, 0.2) is 29.1 Å². The second-order valence-corrected chi connectivity index (χ2v) is 3.67. The minimum absolute atomic E-state index is 0.116. The number of halogens is 2. The van der Waals surface area contributed by atoms with Crippen LogP contribution in [0.5, 0.6) is 5.75 Å². The summed E-state index contributed by atoms with van der Waals surface area (Å²) in [5, 5.41) is 5.89. The molecular formula is C11H8ClFN2O2. The maximum absolute atomic E-state index is 13.5. The van der Waals surface area contributed by atoms with Gasteiger partial charge < -0.3 is 4.74 Å².